The summed E-state index contributed by atoms with van der Waals surface area (Å²) < 4.78 is 1.78. The Labute approximate surface area is 154 Å². The van der Waals surface area contributed by atoms with E-state index in [0.29, 0.717) is 18.4 Å². The fraction of sp³-hybridized carbons (Fsp3) is 0.737. The van der Waals surface area contributed by atoms with Crippen molar-refractivity contribution in [2.45, 2.75) is 76.8 Å². The molecule has 0 unspecified atom stereocenters. The fourth-order valence-electron chi connectivity index (χ4n) is 4.79. The zero-order valence-electron chi connectivity index (χ0n) is 15.7. The number of aromatic amines is 2. The normalized spacial score (nSPS) is 22.7. The van der Waals surface area contributed by atoms with Crippen LogP contribution in [0.2, 0.25) is 0 Å². The van der Waals surface area contributed by atoms with Crippen LogP contribution in [-0.2, 0) is 13.1 Å². The number of nitrogens with zero attached hydrogens (tertiary/aromatic N) is 4. The van der Waals surface area contributed by atoms with Gasteiger partial charge < -0.3 is 0 Å². The van der Waals surface area contributed by atoms with Gasteiger partial charge in [0.15, 0.2) is 0 Å². The average molecular weight is 358 g/mol. The second-order valence-electron chi connectivity index (χ2n) is 7.85. The Bertz CT molecular complexity index is 769. The third kappa shape index (κ3) is 3.49. The van der Waals surface area contributed by atoms with Crippen LogP contribution < -0.4 is 5.69 Å². The first-order chi connectivity index (χ1) is 12.8. The van der Waals surface area contributed by atoms with Crippen molar-refractivity contribution in [3.05, 3.63) is 33.8 Å². The van der Waals surface area contributed by atoms with Crippen molar-refractivity contribution in [3.8, 4) is 0 Å². The van der Waals surface area contributed by atoms with Gasteiger partial charge in [0.25, 0.3) is 0 Å². The summed E-state index contributed by atoms with van der Waals surface area (Å²) in [7, 11) is 0. The van der Waals surface area contributed by atoms with E-state index in [1.807, 2.05) is 13.1 Å². The third-order valence-corrected chi connectivity index (χ3v) is 6.13. The summed E-state index contributed by atoms with van der Waals surface area (Å²) in [6.07, 6.45) is 10.9. The van der Waals surface area contributed by atoms with E-state index in [0.717, 1.165) is 38.3 Å². The van der Waals surface area contributed by atoms with E-state index in [4.69, 9.17) is 0 Å². The van der Waals surface area contributed by atoms with Crippen LogP contribution in [0.1, 0.15) is 80.8 Å². The highest BCUT2D eigenvalue weighted by atomic mass is 16.1. The van der Waals surface area contributed by atoms with Gasteiger partial charge in [0, 0.05) is 42.7 Å². The SMILES string of the molecule is CCn1c([C@H]2CCCN(Cc3cn[nH]c3C3CCCCC3)C2)n[nH]c1=O. The number of H-pyrrole nitrogens is 2. The molecule has 1 atom stereocenters. The molecule has 0 radical (unpaired) electrons. The summed E-state index contributed by atoms with van der Waals surface area (Å²) in [4.78, 5) is 14.4. The van der Waals surface area contributed by atoms with Crippen molar-refractivity contribution in [2.75, 3.05) is 13.1 Å². The predicted molar refractivity (Wildman–Crippen MR) is 100 cm³/mol. The molecule has 1 saturated heterocycles. The molecule has 142 valence electrons. The van der Waals surface area contributed by atoms with E-state index in [2.05, 4.69) is 25.3 Å². The molecule has 0 aromatic carbocycles. The van der Waals surface area contributed by atoms with Gasteiger partial charge in [-0.2, -0.15) is 10.2 Å². The van der Waals surface area contributed by atoms with Crippen LogP contribution >= 0.6 is 0 Å². The van der Waals surface area contributed by atoms with Crippen LogP contribution in [0.3, 0.4) is 0 Å². The summed E-state index contributed by atoms with van der Waals surface area (Å²) in [5.41, 5.74) is 2.62. The maximum Gasteiger partial charge on any atom is 0.343 e. The monoisotopic (exact) mass is 358 g/mol. The van der Waals surface area contributed by atoms with Gasteiger partial charge in [0.05, 0.1) is 6.20 Å². The summed E-state index contributed by atoms with van der Waals surface area (Å²) in [6.45, 7) is 5.68. The molecule has 2 aliphatic rings. The first-order valence-corrected chi connectivity index (χ1v) is 10.2. The molecule has 3 heterocycles. The minimum atomic E-state index is -0.0888. The number of nitrogens with one attached hydrogen (secondary N) is 2. The maximum absolute atomic E-state index is 11.9. The molecule has 2 N–H and O–H groups in total. The number of hydrogen-bond acceptors (Lipinski definition) is 4. The second-order valence-corrected chi connectivity index (χ2v) is 7.85. The van der Waals surface area contributed by atoms with Crippen LogP contribution in [0, 0.1) is 0 Å². The van der Waals surface area contributed by atoms with Crippen molar-refractivity contribution < 1.29 is 0 Å². The number of likely N-dealkylation sites (tertiary alicyclic amines) is 1. The molecule has 0 spiro atoms. The molecule has 0 bridgehead atoms. The van der Waals surface area contributed by atoms with Crippen LogP contribution in [0.15, 0.2) is 11.0 Å². The highest BCUT2D eigenvalue weighted by Gasteiger charge is 2.27. The highest BCUT2D eigenvalue weighted by molar-refractivity contribution is 5.21. The van der Waals surface area contributed by atoms with E-state index in [9.17, 15) is 4.79 Å². The molecule has 26 heavy (non-hydrogen) atoms. The number of hydrogen-bond donors (Lipinski definition) is 2. The Morgan fingerprint density at radius 2 is 1.92 bits per heavy atom. The highest BCUT2D eigenvalue weighted by Crippen LogP contribution is 2.34. The number of aromatic nitrogens is 5. The largest absolute Gasteiger partial charge is 0.343 e. The third-order valence-electron chi connectivity index (χ3n) is 6.13. The Hall–Kier alpha value is -1.89. The summed E-state index contributed by atoms with van der Waals surface area (Å²) >= 11 is 0. The summed E-state index contributed by atoms with van der Waals surface area (Å²) in [5, 5.41) is 14.6. The minimum absolute atomic E-state index is 0.0888. The minimum Gasteiger partial charge on any atom is -0.298 e. The average Bonchev–Trinajstić information content (AvgIpc) is 3.29. The van der Waals surface area contributed by atoms with Gasteiger partial charge in [-0.1, -0.05) is 19.3 Å². The van der Waals surface area contributed by atoms with Gasteiger partial charge in [-0.25, -0.2) is 9.89 Å². The topological polar surface area (TPSA) is 82.6 Å². The van der Waals surface area contributed by atoms with Crippen molar-refractivity contribution in [2.24, 2.45) is 0 Å². The molecule has 2 aromatic rings. The van der Waals surface area contributed by atoms with Crippen molar-refractivity contribution in [1.82, 2.24) is 29.9 Å². The molecule has 7 heteroatoms. The van der Waals surface area contributed by atoms with Gasteiger partial charge in [0.2, 0.25) is 0 Å². The van der Waals surface area contributed by atoms with E-state index < -0.39 is 0 Å². The van der Waals surface area contributed by atoms with Crippen LogP contribution in [-0.4, -0.2) is 43.0 Å². The first kappa shape index (κ1) is 17.5. The van der Waals surface area contributed by atoms with Crippen LogP contribution in [0.4, 0.5) is 0 Å². The van der Waals surface area contributed by atoms with Crippen LogP contribution in [0.5, 0.6) is 0 Å². The molecule has 4 rings (SSSR count). The standard InChI is InChI=1S/C19H30N6O/c1-2-25-18(22-23-19(25)26)15-9-6-10-24(12-15)13-16-11-20-21-17(16)14-7-4-3-5-8-14/h11,14-15H,2-10,12-13H2,1H3,(H,20,21)(H,23,26)/t15-/m0/s1. The van der Waals surface area contributed by atoms with Crippen molar-refractivity contribution in [3.63, 3.8) is 0 Å². The summed E-state index contributed by atoms with van der Waals surface area (Å²) in [6, 6.07) is 0. The molecular formula is C19H30N6O. The van der Waals surface area contributed by atoms with Gasteiger partial charge in [0.1, 0.15) is 5.82 Å². The lowest BCUT2D eigenvalue weighted by atomic mass is 9.85. The lowest BCUT2D eigenvalue weighted by Crippen LogP contribution is -2.35. The molecule has 1 aliphatic carbocycles. The Morgan fingerprint density at radius 1 is 1.12 bits per heavy atom. The fourth-order valence-corrected chi connectivity index (χ4v) is 4.79. The van der Waals surface area contributed by atoms with E-state index >= 15 is 0 Å². The molecule has 1 aliphatic heterocycles. The quantitative estimate of drug-likeness (QED) is 0.861. The van der Waals surface area contributed by atoms with Gasteiger partial charge in [-0.3, -0.25) is 14.6 Å². The van der Waals surface area contributed by atoms with Gasteiger partial charge in [-0.05, 0) is 39.2 Å². The number of piperidine rings is 1. The van der Waals surface area contributed by atoms with E-state index in [1.54, 1.807) is 4.57 Å². The number of rotatable bonds is 5. The predicted octanol–water partition coefficient (Wildman–Crippen LogP) is 2.74. The molecule has 2 fully saturated rings. The van der Waals surface area contributed by atoms with Crippen molar-refractivity contribution in [1.29, 1.82) is 0 Å². The lowest BCUT2D eigenvalue weighted by Gasteiger charge is -2.32. The Balaban J connectivity index is 1.46. The Kier molecular flexibility index (Phi) is 5.24. The maximum atomic E-state index is 11.9. The lowest BCUT2D eigenvalue weighted by molar-refractivity contribution is 0.193. The molecule has 1 saturated carbocycles. The molecular weight excluding hydrogens is 328 g/mol. The second kappa shape index (κ2) is 7.78. The van der Waals surface area contributed by atoms with Crippen molar-refractivity contribution >= 4 is 0 Å². The van der Waals surface area contributed by atoms with Crippen LogP contribution in [0.25, 0.3) is 0 Å². The van der Waals surface area contributed by atoms with E-state index in [-0.39, 0.29) is 5.69 Å². The first-order valence-electron chi connectivity index (χ1n) is 10.2. The van der Waals surface area contributed by atoms with Gasteiger partial charge >= 0.3 is 5.69 Å². The Morgan fingerprint density at radius 3 is 2.73 bits per heavy atom. The molecule has 7 nitrogen and oxygen atoms in total. The van der Waals surface area contributed by atoms with Gasteiger partial charge in [-0.15, -0.1) is 0 Å². The summed E-state index contributed by atoms with van der Waals surface area (Å²) in [5.74, 6) is 1.90. The molecule has 2 aromatic heterocycles. The smallest absolute Gasteiger partial charge is 0.298 e. The zero-order valence-corrected chi connectivity index (χ0v) is 15.7. The zero-order chi connectivity index (χ0) is 17.9. The molecule has 0 amide bonds. The van der Waals surface area contributed by atoms with E-state index in [1.165, 1.54) is 43.4 Å².